The highest BCUT2D eigenvalue weighted by atomic mass is 19.2. The quantitative estimate of drug-likeness (QED) is 0.453. The minimum absolute atomic E-state index is 0.475. The fraction of sp³-hybridized carbons (Fsp3) is 0.143. The minimum Gasteiger partial charge on any atom is -0.367 e. The van der Waals surface area contributed by atoms with Gasteiger partial charge in [-0.1, -0.05) is 0 Å². The van der Waals surface area contributed by atoms with Gasteiger partial charge in [0.15, 0.2) is 0 Å². The van der Waals surface area contributed by atoms with Gasteiger partial charge < -0.3 is 5.32 Å². The van der Waals surface area contributed by atoms with Gasteiger partial charge in [0.25, 0.3) is 11.9 Å². The van der Waals surface area contributed by atoms with Crippen LogP contribution in [0.2, 0.25) is 0 Å². The molecule has 1 N–H and O–H groups in total. The van der Waals surface area contributed by atoms with Crippen molar-refractivity contribution in [2.24, 2.45) is 0 Å². The highest BCUT2D eigenvalue weighted by Gasteiger charge is 2.19. The van der Waals surface area contributed by atoms with Gasteiger partial charge >= 0.3 is 0 Å². The maximum atomic E-state index is 12.7. The number of pyridine rings is 1. The molecule has 0 saturated carbocycles. The van der Waals surface area contributed by atoms with Gasteiger partial charge in [0, 0.05) is 0 Å². The fourth-order valence-electron chi connectivity index (χ4n) is 0.770. The SMILES string of the molecule is N#CCNc1c(F)c(F)nc(F)c1F. The number of rotatable bonds is 2. The van der Waals surface area contributed by atoms with Gasteiger partial charge in [0.05, 0.1) is 6.07 Å². The lowest BCUT2D eigenvalue weighted by molar-refractivity contribution is 0.411. The van der Waals surface area contributed by atoms with Gasteiger partial charge in [-0.15, -0.1) is 0 Å². The van der Waals surface area contributed by atoms with E-state index in [1.807, 2.05) is 5.32 Å². The van der Waals surface area contributed by atoms with Gasteiger partial charge in [-0.25, -0.2) is 0 Å². The van der Waals surface area contributed by atoms with Gasteiger partial charge in [0.1, 0.15) is 12.2 Å². The van der Waals surface area contributed by atoms with Crippen LogP contribution in [-0.4, -0.2) is 11.5 Å². The summed E-state index contributed by atoms with van der Waals surface area (Å²) in [5.74, 6) is -6.83. The molecule has 1 rings (SSSR count). The first-order valence-electron chi connectivity index (χ1n) is 3.38. The standard InChI is InChI=1S/C7H3F4N3/c8-3-5(13-2-1-12)4(9)7(11)14-6(3)10/h2H2,(H,13,14). The van der Waals surface area contributed by atoms with Crippen molar-refractivity contribution in [3.8, 4) is 6.07 Å². The summed E-state index contributed by atoms with van der Waals surface area (Å²) in [5.41, 5.74) is -1.03. The molecule has 3 nitrogen and oxygen atoms in total. The van der Waals surface area contributed by atoms with E-state index < -0.39 is 35.8 Å². The Morgan fingerprint density at radius 2 is 1.64 bits per heavy atom. The topological polar surface area (TPSA) is 48.7 Å². The van der Waals surface area contributed by atoms with E-state index in [0.717, 1.165) is 0 Å². The first-order chi connectivity index (χ1) is 6.57. The number of hydrogen-bond donors (Lipinski definition) is 1. The summed E-state index contributed by atoms with van der Waals surface area (Å²) in [4.78, 5) is 2.34. The molecule has 0 aliphatic heterocycles. The largest absolute Gasteiger partial charge is 0.367 e. The second-order valence-corrected chi connectivity index (χ2v) is 2.21. The first-order valence-corrected chi connectivity index (χ1v) is 3.38. The van der Waals surface area contributed by atoms with Crippen molar-refractivity contribution in [2.75, 3.05) is 11.9 Å². The lowest BCUT2D eigenvalue weighted by atomic mass is 10.3. The molecule has 0 aliphatic carbocycles. The molecule has 0 fully saturated rings. The van der Waals surface area contributed by atoms with E-state index in [0.29, 0.717) is 0 Å². The van der Waals surface area contributed by atoms with E-state index in [2.05, 4.69) is 4.98 Å². The zero-order chi connectivity index (χ0) is 10.7. The third-order valence-electron chi connectivity index (χ3n) is 1.34. The smallest absolute Gasteiger partial charge is 0.253 e. The monoisotopic (exact) mass is 205 g/mol. The molecule has 1 aromatic heterocycles. The van der Waals surface area contributed by atoms with E-state index in [1.165, 1.54) is 6.07 Å². The Kier molecular flexibility index (Phi) is 2.86. The maximum Gasteiger partial charge on any atom is 0.253 e. The second kappa shape index (κ2) is 3.91. The average molecular weight is 205 g/mol. The second-order valence-electron chi connectivity index (χ2n) is 2.21. The van der Waals surface area contributed by atoms with Crippen LogP contribution in [0.3, 0.4) is 0 Å². The van der Waals surface area contributed by atoms with Gasteiger partial charge in [-0.05, 0) is 0 Å². The molecule has 0 saturated heterocycles. The van der Waals surface area contributed by atoms with Crippen LogP contribution in [0.15, 0.2) is 0 Å². The molecule has 0 radical (unpaired) electrons. The van der Waals surface area contributed by atoms with Crippen LogP contribution in [0.5, 0.6) is 0 Å². The van der Waals surface area contributed by atoms with Crippen LogP contribution in [0.25, 0.3) is 0 Å². The molecule has 0 atom stereocenters. The van der Waals surface area contributed by atoms with Crippen LogP contribution < -0.4 is 5.32 Å². The van der Waals surface area contributed by atoms with E-state index in [-0.39, 0.29) is 0 Å². The third-order valence-corrected chi connectivity index (χ3v) is 1.34. The van der Waals surface area contributed by atoms with Crippen molar-refractivity contribution >= 4 is 5.69 Å². The number of nitrogens with zero attached hydrogens (tertiary/aromatic N) is 2. The first kappa shape index (κ1) is 10.2. The summed E-state index contributed by atoms with van der Waals surface area (Å²) >= 11 is 0. The number of hydrogen-bond acceptors (Lipinski definition) is 3. The molecule has 0 unspecified atom stereocenters. The van der Waals surface area contributed by atoms with Crippen LogP contribution in [0.1, 0.15) is 0 Å². The molecular weight excluding hydrogens is 202 g/mol. The number of halogens is 4. The lowest BCUT2D eigenvalue weighted by Gasteiger charge is -2.05. The van der Waals surface area contributed by atoms with Crippen molar-refractivity contribution in [3.63, 3.8) is 0 Å². The normalized spacial score (nSPS) is 9.64. The minimum atomic E-state index is -1.76. The average Bonchev–Trinajstić information content (AvgIpc) is 2.15. The molecule has 0 aliphatic rings. The third kappa shape index (κ3) is 1.74. The van der Waals surface area contributed by atoms with Crippen molar-refractivity contribution in [2.45, 2.75) is 0 Å². The molecule has 0 spiro atoms. The summed E-state index contributed by atoms with van der Waals surface area (Å²) < 4.78 is 50.4. The number of aromatic nitrogens is 1. The summed E-state index contributed by atoms with van der Waals surface area (Å²) in [6, 6.07) is 1.50. The Bertz CT molecular complexity index is 373. The van der Waals surface area contributed by atoms with Crippen molar-refractivity contribution < 1.29 is 17.6 Å². The highest BCUT2D eigenvalue weighted by molar-refractivity contribution is 5.45. The molecule has 1 aromatic rings. The highest BCUT2D eigenvalue weighted by Crippen LogP contribution is 2.21. The Morgan fingerprint density at radius 1 is 1.14 bits per heavy atom. The molecule has 74 valence electrons. The van der Waals surface area contributed by atoms with Gasteiger partial charge in [-0.3, -0.25) is 0 Å². The maximum absolute atomic E-state index is 12.7. The Balaban J connectivity index is 3.19. The summed E-state index contributed by atoms with van der Waals surface area (Å²) in [5, 5.41) is 9.97. The molecule has 14 heavy (non-hydrogen) atoms. The predicted molar refractivity (Wildman–Crippen MR) is 38.2 cm³/mol. The number of nitrogens with one attached hydrogen (secondary N) is 1. The van der Waals surface area contributed by atoms with Gasteiger partial charge in [-0.2, -0.15) is 27.8 Å². The zero-order valence-electron chi connectivity index (χ0n) is 6.61. The molecule has 7 heteroatoms. The fourth-order valence-corrected chi connectivity index (χ4v) is 0.770. The van der Waals surface area contributed by atoms with Crippen LogP contribution in [0, 0.1) is 34.9 Å². The van der Waals surface area contributed by atoms with E-state index in [1.54, 1.807) is 0 Å². The number of anilines is 1. The molecule has 0 aromatic carbocycles. The molecular formula is C7H3F4N3. The van der Waals surface area contributed by atoms with E-state index >= 15 is 0 Å². The van der Waals surface area contributed by atoms with Crippen LogP contribution in [0.4, 0.5) is 23.2 Å². The summed E-state index contributed by atoms with van der Waals surface area (Å²) in [6.45, 7) is -0.475. The predicted octanol–water partition coefficient (Wildman–Crippen LogP) is 1.57. The van der Waals surface area contributed by atoms with Crippen molar-refractivity contribution in [1.82, 2.24) is 4.98 Å². The molecule has 0 bridgehead atoms. The van der Waals surface area contributed by atoms with Crippen LogP contribution in [-0.2, 0) is 0 Å². The van der Waals surface area contributed by atoms with E-state index in [9.17, 15) is 17.6 Å². The Morgan fingerprint density at radius 3 is 2.07 bits per heavy atom. The van der Waals surface area contributed by atoms with Gasteiger partial charge in [0.2, 0.25) is 11.6 Å². The summed E-state index contributed by atoms with van der Waals surface area (Å²) in [7, 11) is 0. The van der Waals surface area contributed by atoms with Crippen molar-refractivity contribution in [1.29, 1.82) is 5.26 Å². The Labute approximate surface area is 76.0 Å². The lowest BCUT2D eigenvalue weighted by Crippen LogP contribution is -2.09. The van der Waals surface area contributed by atoms with Crippen LogP contribution >= 0.6 is 0 Å². The van der Waals surface area contributed by atoms with Crippen molar-refractivity contribution in [3.05, 3.63) is 23.5 Å². The zero-order valence-corrected chi connectivity index (χ0v) is 6.61. The Hall–Kier alpha value is -1.84. The number of nitriles is 1. The molecule has 0 amide bonds. The molecule has 1 heterocycles. The summed E-state index contributed by atoms with van der Waals surface area (Å²) in [6.07, 6.45) is 0. The van der Waals surface area contributed by atoms with E-state index in [4.69, 9.17) is 5.26 Å².